The molecule has 0 bridgehead atoms. The van der Waals surface area contributed by atoms with Crippen LogP contribution in [0.3, 0.4) is 0 Å². The minimum atomic E-state index is 0.489. The first-order chi connectivity index (χ1) is 10.0. The van der Waals surface area contributed by atoms with E-state index in [-0.39, 0.29) is 0 Å². The summed E-state index contributed by atoms with van der Waals surface area (Å²) >= 11 is 6.20. The molecule has 0 aliphatic rings. The molecule has 0 aromatic heterocycles. The average molecular weight is 304 g/mol. The Hall–Kier alpha value is -1.51. The van der Waals surface area contributed by atoms with Crippen LogP contribution in [0.4, 0.5) is 0 Å². The van der Waals surface area contributed by atoms with Crippen molar-refractivity contribution in [3.63, 3.8) is 0 Å². The number of ether oxygens (including phenoxy) is 1. The van der Waals surface area contributed by atoms with Gasteiger partial charge in [-0.15, -0.1) is 0 Å². The number of rotatable bonds is 6. The Morgan fingerprint density at radius 3 is 2.43 bits per heavy atom. The second kappa shape index (κ2) is 7.48. The van der Waals surface area contributed by atoms with Crippen LogP contribution in [0.1, 0.15) is 30.5 Å². The first-order valence-corrected chi connectivity index (χ1v) is 7.62. The maximum atomic E-state index is 6.20. The Bertz CT molecular complexity index is 578. The Labute approximate surface area is 132 Å². The third kappa shape index (κ3) is 5.07. The summed E-state index contributed by atoms with van der Waals surface area (Å²) in [6.45, 7) is 7.68. The van der Waals surface area contributed by atoms with E-state index >= 15 is 0 Å². The second-order valence-electron chi connectivity index (χ2n) is 5.56. The second-order valence-corrected chi connectivity index (χ2v) is 5.97. The fourth-order valence-corrected chi connectivity index (χ4v) is 2.25. The average Bonchev–Trinajstić information content (AvgIpc) is 2.45. The van der Waals surface area contributed by atoms with Gasteiger partial charge in [0.1, 0.15) is 12.4 Å². The van der Waals surface area contributed by atoms with Crippen LogP contribution in [0, 0.1) is 6.92 Å². The van der Waals surface area contributed by atoms with Gasteiger partial charge in [-0.1, -0.05) is 49.7 Å². The van der Waals surface area contributed by atoms with Crippen molar-refractivity contribution < 1.29 is 4.74 Å². The van der Waals surface area contributed by atoms with Gasteiger partial charge in [0.15, 0.2) is 0 Å². The van der Waals surface area contributed by atoms with E-state index in [2.05, 4.69) is 31.3 Å². The molecule has 112 valence electrons. The quantitative estimate of drug-likeness (QED) is 0.833. The van der Waals surface area contributed by atoms with Crippen molar-refractivity contribution >= 4 is 11.6 Å². The lowest BCUT2D eigenvalue weighted by molar-refractivity contribution is 0.306. The molecule has 0 atom stereocenters. The molecule has 2 nitrogen and oxygen atoms in total. The summed E-state index contributed by atoms with van der Waals surface area (Å²) in [5.41, 5.74) is 3.42. The standard InChI is InChI=1S/C18H22ClNO/c1-13(2)20-11-15-5-8-17(9-6-15)21-12-16-7-4-14(3)10-18(16)19/h4-10,13,20H,11-12H2,1-3H3. The topological polar surface area (TPSA) is 21.3 Å². The van der Waals surface area contributed by atoms with Crippen molar-refractivity contribution in [1.29, 1.82) is 0 Å². The van der Waals surface area contributed by atoms with Gasteiger partial charge in [0.2, 0.25) is 0 Å². The zero-order valence-corrected chi connectivity index (χ0v) is 13.6. The van der Waals surface area contributed by atoms with E-state index in [1.807, 2.05) is 37.3 Å². The summed E-state index contributed by atoms with van der Waals surface area (Å²) in [4.78, 5) is 0. The molecule has 0 aliphatic heterocycles. The molecule has 0 amide bonds. The minimum Gasteiger partial charge on any atom is -0.489 e. The Kier molecular flexibility index (Phi) is 5.66. The van der Waals surface area contributed by atoms with Gasteiger partial charge in [0, 0.05) is 23.2 Å². The fraction of sp³-hybridized carbons (Fsp3) is 0.333. The first-order valence-electron chi connectivity index (χ1n) is 7.25. The van der Waals surface area contributed by atoms with E-state index in [4.69, 9.17) is 16.3 Å². The SMILES string of the molecule is Cc1ccc(COc2ccc(CNC(C)C)cc2)c(Cl)c1. The highest BCUT2D eigenvalue weighted by Gasteiger charge is 2.02. The predicted molar refractivity (Wildman–Crippen MR) is 88.9 cm³/mol. The fourth-order valence-electron chi connectivity index (χ4n) is 1.96. The summed E-state index contributed by atoms with van der Waals surface area (Å²) < 4.78 is 5.79. The van der Waals surface area contributed by atoms with Crippen molar-refractivity contribution in [2.24, 2.45) is 0 Å². The molecule has 0 unspecified atom stereocenters. The molecular formula is C18H22ClNO. The van der Waals surface area contributed by atoms with Gasteiger partial charge >= 0.3 is 0 Å². The highest BCUT2D eigenvalue weighted by Crippen LogP contribution is 2.20. The van der Waals surface area contributed by atoms with Crippen LogP contribution in [0.2, 0.25) is 5.02 Å². The molecule has 0 saturated heterocycles. The lowest BCUT2D eigenvalue weighted by Gasteiger charge is -2.10. The normalized spacial score (nSPS) is 10.9. The number of hydrogen-bond acceptors (Lipinski definition) is 2. The molecule has 3 heteroatoms. The largest absolute Gasteiger partial charge is 0.489 e. The number of halogens is 1. The molecule has 2 aromatic carbocycles. The number of nitrogens with one attached hydrogen (secondary N) is 1. The van der Waals surface area contributed by atoms with Gasteiger partial charge in [-0.05, 0) is 36.2 Å². The summed E-state index contributed by atoms with van der Waals surface area (Å²) in [6.07, 6.45) is 0. The zero-order valence-electron chi connectivity index (χ0n) is 12.8. The molecule has 0 fully saturated rings. The molecule has 0 aliphatic carbocycles. The number of hydrogen-bond donors (Lipinski definition) is 1. The molecule has 0 radical (unpaired) electrons. The third-order valence-corrected chi connectivity index (χ3v) is 3.59. The van der Waals surface area contributed by atoms with Gasteiger partial charge in [-0.3, -0.25) is 0 Å². The van der Waals surface area contributed by atoms with Crippen LogP contribution in [0.15, 0.2) is 42.5 Å². The zero-order chi connectivity index (χ0) is 15.2. The molecule has 21 heavy (non-hydrogen) atoms. The van der Waals surface area contributed by atoms with Crippen LogP contribution < -0.4 is 10.1 Å². The molecular weight excluding hydrogens is 282 g/mol. The van der Waals surface area contributed by atoms with Gasteiger partial charge in [-0.2, -0.15) is 0 Å². The van der Waals surface area contributed by atoms with Crippen LogP contribution >= 0.6 is 11.6 Å². The van der Waals surface area contributed by atoms with Gasteiger partial charge in [-0.25, -0.2) is 0 Å². The van der Waals surface area contributed by atoms with E-state index in [1.54, 1.807) is 0 Å². The van der Waals surface area contributed by atoms with Crippen LogP contribution in [0.25, 0.3) is 0 Å². The minimum absolute atomic E-state index is 0.489. The molecule has 1 N–H and O–H groups in total. The monoisotopic (exact) mass is 303 g/mol. The van der Waals surface area contributed by atoms with Gasteiger partial charge < -0.3 is 10.1 Å². The lowest BCUT2D eigenvalue weighted by atomic mass is 10.1. The van der Waals surface area contributed by atoms with E-state index in [0.717, 1.165) is 28.4 Å². The first kappa shape index (κ1) is 15.9. The summed E-state index contributed by atoms with van der Waals surface area (Å²) in [5.74, 6) is 0.861. The van der Waals surface area contributed by atoms with Crippen LogP contribution in [-0.4, -0.2) is 6.04 Å². The maximum Gasteiger partial charge on any atom is 0.119 e. The summed E-state index contributed by atoms with van der Waals surface area (Å²) in [5, 5.41) is 4.15. The van der Waals surface area contributed by atoms with E-state index in [1.165, 1.54) is 5.56 Å². The highest BCUT2D eigenvalue weighted by molar-refractivity contribution is 6.31. The van der Waals surface area contributed by atoms with Crippen LogP contribution in [0.5, 0.6) is 5.75 Å². The van der Waals surface area contributed by atoms with Gasteiger partial charge in [0.25, 0.3) is 0 Å². The third-order valence-electron chi connectivity index (χ3n) is 3.24. The predicted octanol–water partition coefficient (Wildman–Crippen LogP) is 4.73. The highest BCUT2D eigenvalue weighted by atomic mass is 35.5. The van der Waals surface area contributed by atoms with E-state index in [9.17, 15) is 0 Å². The lowest BCUT2D eigenvalue weighted by Crippen LogP contribution is -2.21. The van der Waals surface area contributed by atoms with Crippen molar-refractivity contribution in [1.82, 2.24) is 5.32 Å². The van der Waals surface area contributed by atoms with Crippen molar-refractivity contribution in [3.8, 4) is 5.75 Å². The Balaban J connectivity index is 1.91. The Morgan fingerprint density at radius 1 is 1.10 bits per heavy atom. The van der Waals surface area contributed by atoms with Crippen molar-refractivity contribution in [2.45, 2.75) is 40.0 Å². The molecule has 2 rings (SSSR count). The molecule has 0 heterocycles. The summed E-state index contributed by atoms with van der Waals surface area (Å²) in [6, 6.07) is 14.7. The van der Waals surface area contributed by atoms with E-state index < -0.39 is 0 Å². The van der Waals surface area contributed by atoms with Crippen molar-refractivity contribution in [3.05, 3.63) is 64.2 Å². The van der Waals surface area contributed by atoms with Crippen LogP contribution in [-0.2, 0) is 13.2 Å². The smallest absolute Gasteiger partial charge is 0.119 e. The molecule has 2 aromatic rings. The number of aryl methyl sites for hydroxylation is 1. The Morgan fingerprint density at radius 2 is 1.81 bits per heavy atom. The molecule has 0 spiro atoms. The van der Waals surface area contributed by atoms with Gasteiger partial charge in [0.05, 0.1) is 0 Å². The summed E-state index contributed by atoms with van der Waals surface area (Å²) in [7, 11) is 0. The van der Waals surface area contributed by atoms with Crippen molar-refractivity contribution in [2.75, 3.05) is 0 Å². The number of benzene rings is 2. The maximum absolute atomic E-state index is 6.20. The van der Waals surface area contributed by atoms with E-state index in [0.29, 0.717) is 12.6 Å². The molecule has 0 saturated carbocycles.